The zero-order chi connectivity index (χ0) is 28.7. The molecule has 0 saturated carbocycles. The average molecular weight is 603 g/mol. The van der Waals surface area contributed by atoms with Gasteiger partial charge in [-0.3, -0.25) is 9.36 Å². The van der Waals surface area contributed by atoms with E-state index in [-0.39, 0.29) is 30.0 Å². The van der Waals surface area contributed by atoms with Crippen molar-refractivity contribution in [2.45, 2.75) is 29.4 Å². The first-order valence-electron chi connectivity index (χ1n) is 11.6. The lowest BCUT2D eigenvalue weighted by molar-refractivity contribution is -0.122. The monoisotopic (exact) mass is 602 g/mol. The van der Waals surface area contributed by atoms with E-state index in [1.165, 1.54) is 24.3 Å². The van der Waals surface area contributed by atoms with Crippen molar-refractivity contribution in [3.63, 3.8) is 0 Å². The van der Waals surface area contributed by atoms with Crippen molar-refractivity contribution in [2.75, 3.05) is 13.2 Å². The Morgan fingerprint density at radius 3 is 2.21 bits per heavy atom. The molecule has 0 aromatic heterocycles. The summed E-state index contributed by atoms with van der Waals surface area (Å²) in [5.74, 6) is -0.0716. The molecule has 0 radical (unpaired) electrons. The minimum atomic E-state index is -5.76. The van der Waals surface area contributed by atoms with Crippen molar-refractivity contribution in [2.24, 2.45) is 0 Å². The predicted octanol–water partition coefficient (Wildman–Crippen LogP) is 4.04. The minimum absolute atomic E-state index is 0.0733. The largest absolute Gasteiger partial charge is 0.494 e. The zero-order valence-corrected chi connectivity index (χ0v) is 22.8. The lowest BCUT2D eigenvalue weighted by Gasteiger charge is -2.20. The van der Waals surface area contributed by atoms with Crippen molar-refractivity contribution >= 4 is 35.1 Å². The second-order valence-electron chi connectivity index (χ2n) is 8.42. The Morgan fingerprint density at radius 1 is 1.00 bits per heavy atom. The van der Waals surface area contributed by atoms with Crippen LogP contribution in [0.1, 0.15) is 17.5 Å². The number of carbonyl (C=O) groups is 1. The van der Waals surface area contributed by atoms with E-state index < -0.39 is 40.8 Å². The number of alkyl halides is 2. The van der Waals surface area contributed by atoms with Crippen molar-refractivity contribution in [3.8, 4) is 5.75 Å². The van der Waals surface area contributed by atoms with Crippen LogP contribution in [0.15, 0.2) is 83.8 Å². The maximum atomic E-state index is 14.0. The number of hydrogen-bond acceptors (Lipinski definition) is 5. The highest BCUT2D eigenvalue weighted by molar-refractivity contribution is 7.89. The van der Waals surface area contributed by atoms with Gasteiger partial charge in [0.05, 0.1) is 11.5 Å². The molecule has 1 unspecified atom stereocenters. The molecular weight excluding hydrogens is 577 g/mol. The van der Waals surface area contributed by atoms with Crippen LogP contribution >= 0.6 is 19.2 Å². The van der Waals surface area contributed by atoms with Gasteiger partial charge >= 0.3 is 13.3 Å². The number of hydrogen-bond donors (Lipinski definition) is 4. The third kappa shape index (κ3) is 8.56. The summed E-state index contributed by atoms with van der Waals surface area (Å²) in [4.78, 5) is 30.8. The summed E-state index contributed by atoms with van der Waals surface area (Å²) in [5.41, 5.74) is -5.03. The van der Waals surface area contributed by atoms with E-state index >= 15 is 0 Å². The normalized spacial score (nSPS) is 13.1. The molecular formula is C25H26ClF2N2O7PS. The van der Waals surface area contributed by atoms with Crippen molar-refractivity contribution in [1.29, 1.82) is 0 Å². The number of ether oxygens (including phenoxy) is 1. The molecule has 0 aliphatic rings. The highest BCUT2D eigenvalue weighted by Crippen LogP contribution is 2.59. The van der Waals surface area contributed by atoms with Crippen LogP contribution < -0.4 is 14.8 Å². The maximum absolute atomic E-state index is 14.0. The molecule has 9 nitrogen and oxygen atoms in total. The average Bonchev–Trinajstić information content (AvgIpc) is 2.89. The fraction of sp³-hybridized carbons (Fsp3) is 0.240. The molecule has 0 aliphatic carbocycles. The van der Waals surface area contributed by atoms with Gasteiger partial charge < -0.3 is 19.8 Å². The molecule has 4 N–H and O–H groups in total. The van der Waals surface area contributed by atoms with Gasteiger partial charge in [-0.2, -0.15) is 13.5 Å². The number of sulfonamides is 1. The smallest absolute Gasteiger partial charge is 0.399 e. The SMILES string of the molecule is O=C(NCCCOc1ccc(Cl)cc1)C(Cc1ccc(C(F)(F)P(=O)(O)O)cc1)NS(=O)(=O)c1ccccc1. The van der Waals surface area contributed by atoms with Gasteiger partial charge in [-0.15, -0.1) is 0 Å². The summed E-state index contributed by atoms with van der Waals surface area (Å²) < 4.78 is 72.8. The van der Waals surface area contributed by atoms with Gasteiger partial charge in [0.15, 0.2) is 0 Å². The molecule has 3 aromatic carbocycles. The van der Waals surface area contributed by atoms with E-state index in [1.54, 1.807) is 30.3 Å². The Morgan fingerprint density at radius 2 is 1.62 bits per heavy atom. The van der Waals surface area contributed by atoms with Crippen LogP contribution in [0.4, 0.5) is 8.78 Å². The van der Waals surface area contributed by atoms with E-state index in [9.17, 15) is 26.6 Å². The molecule has 0 fully saturated rings. The topological polar surface area (TPSA) is 142 Å². The van der Waals surface area contributed by atoms with Gasteiger partial charge in [-0.1, -0.05) is 54.1 Å². The molecule has 0 heterocycles. The fourth-order valence-corrected chi connectivity index (χ4v) is 5.24. The van der Waals surface area contributed by atoms with Gasteiger partial charge in [0.2, 0.25) is 15.9 Å². The number of amides is 1. The molecule has 0 aliphatic heterocycles. The van der Waals surface area contributed by atoms with Gasteiger partial charge in [0, 0.05) is 17.1 Å². The summed E-state index contributed by atoms with van der Waals surface area (Å²) >= 11 is 5.83. The molecule has 1 amide bonds. The molecule has 3 rings (SSSR count). The number of nitrogens with one attached hydrogen (secondary N) is 2. The predicted molar refractivity (Wildman–Crippen MR) is 141 cm³/mol. The third-order valence-corrected chi connectivity index (χ3v) is 8.21. The van der Waals surface area contributed by atoms with Crippen LogP contribution in [0.2, 0.25) is 5.02 Å². The number of rotatable bonds is 13. The van der Waals surface area contributed by atoms with Crippen LogP contribution in [-0.4, -0.2) is 43.3 Å². The van der Waals surface area contributed by atoms with E-state index in [1.807, 2.05) is 0 Å². The number of halogens is 3. The summed E-state index contributed by atoms with van der Waals surface area (Å²) in [6, 6.07) is 16.7. The van der Waals surface area contributed by atoms with Crippen LogP contribution in [0.3, 0.4) is 0 Å². The van der Waals surface area contributed by atoms with Gasteiger partial charge in [-0.25, -0.2) is 8.42 Å². The van der Waals surface area contributed by atoms with Crippen LogP contribution in [-0.2, 0) is 31.5 Å². The van der Waals surface area contributed by atoms with Crippen molar-refractivity contribution in [1.82, 2.24) is 10.0 Å². The fourth-order valence-electron chi connectivity index (χ4n) is 3.42. The van der Waals surface area contributed by atoms with Gasteiger partial charge in [-0.05, 0) is 54.8 Å². The van der Waals surface area contributed by atoms with Crippen LogP contribution in [0.5, 0.6) is 5.75 Å². The molecule has 1 atom stereocenters. The van der Waals surface area contributed by atoms with Crippen LogP contribution in [0, 0.1) is 0 Å². The third-order valence-electron chi connectivity index (χ3n) is 5.48. The summed E-state index contributed by atoms with van der Waals surface area (Å²) in [6.07, 6.45) is 0.180. The molecule has 39 heavy (non-hydrogen) atoms. The van der Waals surface area contributed by atoms with Crippen molar-refractivity contribution in [3.05, 3.63) is 95.0 Å². The van der Waals surface area contributed by atoms with Gasteiger partial charge in [0.25, 0.3) is 0 Å². The van der Waals surface area contributed by atoms with Crippen LogP contribution in [0.25, 0.3) is 0 Å². The first kappa shape index (κ1) is 30.7. The zero-order valence-electron chi connectivity index (χ0n) is 20.3. The van der Waals surface area contributed by atoms with E-state index in [4.69, 9.17) is 26.1 Å². The first-order valence-corrected chi connectivity index (χ1v) is 15.0. The van der Waals surface area contributed by atoms with E-state index in [0.717, 1.165) is 24.3 Å². The highest BCUT2D eigenvalue weighted by Gasteiger charge is 2.50. The van der Waals surface area contributed by atoms with Crippen molar-refractivity contribution < 1.29 is 41.1 Å². The summed E-state index contributed by atoms with van der Waals surface area (Å²) in [6.45, 7) is 0.418. The Balaban J connectivity index is 1.69. The molecule has 210 valence electrons. The molecule has 3 aromatic rings. The number of benzene rings is 3. The Kier molecular flexibility index (Phi) is 10.2. The second-order valence-corrected chi connectivity index (χ2v) is 12.2. The quantitative estimate of drug-likeness (QED) is 0.171. The summed E-state index contributed by atoms with van der Waals surface area (Å²) in [5, 5.41) is 3.20. The molecule has 0 saturated heterocycles. The van der Waals surface area contributed by atoms with E-state index in [0.29, 0.717) is 17.2 Å². The molecule has 0 spiro atoms. The second kappa shape index (κ2) is 13.0. The summed E-state index contributed by atoms with van der Waals surface area (Å²) in [7, 11) is -9.88. The lowest BCUT2D eigenvalue weighted by Crippen LogP contribution is -2.48. The molecule has 0 bridgehead atoms. The number of carbonyl (C=O) groups excluding carboxylic acids is 1. The highest BCUT2D eigenvalue weighted by atomic mass is 35.5. The Hall–Kier alpha value is -2.86. The Labute approximate surface area is 229 Å². The molecule has 14 heteroatoms. The maximum Gasteiger partial charge on any atom is 0.399 e. The minimum Gasteiger partial charge on any atom is -0.494 e. The Bertz CT molecular complexity index is 1400. The van der Waals surface area contributed by atoms with Gasteiger partial charge in [0.1, 0.15) is 11.8 Å². The first-order chi connectivity index (χ1) is 18.3. The lowest BCUT2D eigenvalue weighted by atomic mass is 10.0. The standard InChI is InChI=1S/C25H26ClF2N2O7PS/c26-20-11-13-21(14-12-20)37-16-4-15-29-24(31)23(30-39(35,36)22-5-2-1-3-6-22)17-18-7-9-19(10-8-18)25(27,28)38(32,33)34/h1-3,5-14,23,30H,4,15-17H2,(H,29,31)(H2,32,33,34). The van der Waals surface area contributed by atoms with E-state index in [2.05, 4.69) is 10.0 Å².